The highest BCUT2D eigenvalue weighted by molar-refractivity contribution is 7.92. The smallest absolute Gasteiger partial charge is 0.240 e. The molecule has 0 spiro atoms. The minimum Gasteiger partial charge on any atom is -0.325 e. The van der Waals surface area contributed by atoms with Gasteiger partial charge in [0.1, 0.15) is 5.75 Å². The van der Waals surface area contributed by atoms with Crippen molar-refractivity contribution in [3.05, 3.63) is 94.6 Å². The van der Waals surface area contributed by atoms with Crippen LogP contribution in [0.15, 0.2) is 84.1 Å². The summed E-state index contributed by atoms with van der Waals surface area (Å²) >= 11 is 12.1. The van der Waals surface area contributed by atoms with Crippen molar-refractivity contribution in [2.24, 2.45) is 0 Å². The van der Waals surface area contributed by atoms with E-state index in [4.69, 9.17) is 23.2 Å². The largest absolute Gasteiger partial charge is 0.325 e. The minimum absolute atomic E-state index is 0.249. The molecule has 9 heteroatoms. The van der Waals surface area contributed by atoms with Crippen LogP contribution in [0, 0.1) is 6.92 Å². The number of sulfone groups is 1. The van der Waals surface area contributed by atoms with Crippen molar-refractivity contribution >= 4 is 44.6 Å². The van der Waals surface area contributed by atoms with Crippen molar-refractivity contribution < 1.29 is 13.2 Å². The summed E-state index contributed by atoms with van der Waals surface area (Å²) in [5.74, 6) is -1.49. The molecule has 0 aliphatic rings. The summed E-state index contributed by atoms with van der Waals surface area (Å²) in [6.45, 7) is 1.96. The van der Waals surface area contributed by atoms with Crippen molar-refractivity contribution in [2.45, 2.75) is 12.1 Å². The Bertz CT molecular complexity index is 1430. The van der Waals surface area contributed by atoms with Gasteiger partial charge in [-0.15, -0.1) is 0 Å². The molecular weight excluding hydrogens is 481 g/mol. The maximum atomic E-state index is 13.3. The normalized spacial score (nSPS) is 11.4. The molecule has 0 unspecified atom stereocenters. The van der Waals surface area contributed by atoms with E-state index in [0.29, 0.717) is 27.1 Å². The molecule has 3 aromatic carbocycles. The average molecular weight is 500 g/mol. The van der Waals surface area contributed by atoms with E-state index in [1.54, 1.807) is 48.7 Å². The summed E-state index contributed by atoms with van der Waals surface area (Å²) < 4.78 is 28.0. The second-order valence-electron chi connectivity index (χ2n) is 7.44. The fourth-order valence-electron chi connectivity index (χ4n) is 3.26. The molecule has 1 aromatic heterocycles. The average Bonchev–Trinajstić information content (AvgIpc) is 3.20. The highest BCUT2D eigenvalue weighted by Crippen LogP contribution is 2.26. The Morgan fingerprint density at radius 2 is 1.64 bits per heavy atom. The number of imidazole rings is 1. The molecule has 0 radical (unpaired) electrons. The number of nitrogens with one attached hydrogen (secondary N) is 1. The molecule has 0 bridgehead atoms. The van der Waals surface area contributed by atoms with Gasteiger partial charge in [0.25, 0.3) is 0 Å². The zero-order valence-electron chi connectivity index (χ0n) is 17.5. The molecule has 0 aliphatic heterocycles. The Labute approximate surface area is 201 Å². The van der Waals surface area contributed by atoms with Gasteiger partial charge in [0.2, 0.25) is 20.9 Å². The fourth-order valence-corrected chi connectivity index (χ4v) is 4.87. The molecule has 6 nitrogen and oxygen atoms in total. The third-order valence-corrected chi connectivity index (χ3v) is 6.77. The first-order valence-electron chi connectivity index (χ1n) is 9.92. The number of benzene rings is 3. The third-order valence-electron chi connectivity index (χ3n) is 4.81. The molecule has 0 aliphatic carbocycles. The first kappa shape index (κ1) is 23.0. The Kier molecular flexibility index (Phi) is 6.56. The lowest BCUT2D eigenvalue weighted by molar-refractivity contribution is -0.113. The van der Waals surface area contributed by atoms with E-state index in [1.165, 1.54) is 10.6 Å². The maximum absolute atomic E-state index is 13.3. The summed E-state index contributed by atoms with van der Waals surface area (Å²) in [5.41, 5.74) is 3.20. The first-order valence-corrected chi connectivity index (χ1v) is 12.3. The van der Waals surface area contributed by atoms with Crippen LogP contribution >= 0.6 is 23.2 Å². The van der Waals surface area contributed by atoms with Gasteiger partial charge in [0, 0.05) is 33.2 Å². The second-order valence-corrected chi connectivity index (χ2v) is 10.2. The van der Waals surface area contributed by atoms with Crippen LogP contribution in [-0.4, -0.2) is 29.6 Å². The summed E-state index contributed by atoms with van der Waals surface area (Å²) in [6, 6.07) is 20.8. The number of rotatable bonds is 6. The highest BCUT2D eigenvalue weighted by atomic mass is 35.5. The van der Waals surface area contributed by atoms with Gasteiger partial charge in [-0.25, -0.2) is 13.4 Å². The number of carbonyl (C=O) groups excluding carboxylic acids is 1. The van der Waals surface area contributed by atoms with Crippen LogP contribution in [0.3, 0.4) is 0 Å². The monoisotopic (exact) mass is 499 g/mol. The van der Waals surface area contributed by atoms with Crippen molar-refractivity contribution in [1.29, 1.82) is 0 Å². The summed E-state index contributed by atoms with van der Waals surface area (Å²) in [6.07, 6.45) is 1.62. The van der Waals surface area contributed by atoms with Gasteiger partial charge in [0.15, 0.2) is 0 Å². The molecule has 0 saturated carbocycles. The SMILES string of the molecule is Cc1ccc(-c2cn(-c3cccc(Cl)c3)c(S(=O)(=O)CC(=O)Nc3cccc(Cl)c3)n2)cc1. The summed E-state index contributed by atoms with van der Waals surface area (Å²) in [7, 11) is -4.11. The van der Waals surface area contributed by atoms with Crippen molar-refractivity contribution in [3.63, 3.8) is 0 Å². The Balaban J connectivity index is 1.72. The van der Waals surface area contributed by atoms with Crippen LogP contribution in [0.1, 0.15) is 5.56 Å². The minimum atomic E-state index is -4.11. The van der Waals surface area contributed by atoms with E-state index in [-0.39, 0.29) is 5.16 Å². The lowest BCUT2D eigenvalue weighted by atomic mass is 10.1. The number of anilines is 1. The predicted molar refractivity (Wildman–Crippen MR) is 131 cm³/mol. The van der Waals surface area contributed by atoms with Crippen LogP contribution in [-0.2, 0) is 14.6 Å². The lowest BCUT2D eigenvalue weighted by Crippen LogP contribution is -2.25. The Hall–Kier alpha value is -3.13. The zero-order chi connectivity index (χ0) is 23.6. The number of hydrogen-bond acceptors (Lipinski definition) is 4. The number of aromatic nitrogens is 2. The summed E-state index contributed by atoms with van der Waals surface area (Å²) in [5, 5.41) is 3.18. The fraction of sp³-hybridized carbons (Fsp3) is 0.0833. The highest BCUT2D eigenvalue weighted by Gasteiger charge is 2.27. The topological polar surface area (TPSA) is 81.1 Å². The van der Waals surface area contributed by atoms with E-state index in [9.17, 15) is 13.2 Å². The molecule has 0 atom stereocenters. The van der Waals surface area contributed by atoms with Crippen molar-refractivity contribution in [2.75, 3.05) is 11.1 Å². The third kappa shape index (κ3) is 5.45. The van der Waals surface area contributed by atoms with Gasteiger partial charge in [0.05, 0.1) is 5.69 Å². The predicted octanol–water partition coefficient (Wildman–Crippen LogP) is 5.57. The number of carbonyl (C=O) groups is 1. The van der Waals surface area contributed by atoms with Gasteiger partial charge in [-0.05, 0) is 43.3 Å². The molecule has 4 rings (SSSR count). The molecule has 1 amide bonds. The van der Waals surface area contributed by atoms with Gasteiger partial charge in [-0.3, -0.25) is 9.36 Å². The van der Waals surface area contributed by atoms with E-state index >= 15 is 0 Å². The molecular formula is C24H19Cl2N3O3S. The van der Waals surface area contributed by atoms with Crippen LogP contribution in [0.5, 0.6) is 0 Å². The molecule has 4 aromatic rings. The molecule has 1 N–H and O–H groups in total. The second kappa shape index (κ2) is 9.39. The van der Waals surface area contributed by atoms with Crippen LogP contribution in [0.4, 0.5) is 5.69 Å². The molecule has 1 heterocycles. The lowest BCUT2D eigenvalue weighted by Gasteiger charge is -2.09. The maximum Gasteiger partial charge on any atom is 0.240 e. The van der Waals surface area contributed by atoms with E-state index < -0.39 is 21.5 Å². The number of hydrogen-bond donors (Lipinski definition) is 1. The summed E-state index contributed by atoms with van der Waals surface area (Å²) in [4.78, 5) is 16.9. The van der Waals surface area contributed by atoms with Crippen LogP contribution < -0.4 is 5.32 Å². The van der Waals surface area contributed by atoms with E-state index in [2.05, 4.69) is 10.3 Å². The Morgan fingerprint density at radius 1 is 0.970 bits per heavy atom. The quantitative estimate of drug-likeness (QED) is 0.376. The first-order chi connectivity index (χ1) is 15.7. The van der Waals surface area contributed by atoms with Crippen LogP contribution in [0.25, 0.3) is 16.9 Å². The molecule has 0 saturated heterocycles. The zero-order valence-corrected chi connectivity index (χ0v) is 19.8. The molecule has 33 heavy (non-hydrogen) atoms. The number of nitrogens with zero attached hydrogens (tertiary/aromatic N) is 2. The number of aryl methyl sites for hydroxylation is 1. The van der Waals surface area contributed by atoms with E-state index in [1.807, 2.05) is 31.2 Å². The van der Waals surface area contributed by atoms with Crippen molar-refractivity contribution in [1.82, 2.24) is 9.55 Å². The van der Waals surface area contributed by atoms with Gasteiger partial charge >= 0.3 is 0 Å². The van der Waals surface area contributed by atoms with Gasteiger partial charge < -0.3 is 5.32 Å². The number of amides is 1. The Morgan fingerprint density at radius 3 is 2.30 bits per heavy atom. The van der Waals surface area contributed by atoms with Gasteiger partial charge in [-0.1, -0.05) is 65.2 Å². The molecule has 168 valence electrons. The van der Waals surface area contributed by atoms with E-state index in [0.717, 1.165) is 11.1 Å². The molecule has 0 fully saturated rings. The van der Waals surface area contributed by atoms with Crippen molar-refractivity contribution in [3.8, 4) is 16.9 Å². The number of halogens is 2. The van der Waals surface area contributed by atoms with Gasteiger partial charge in [-0.2, -0.15) is 0 Å². The standard InChI is InChI=1S/C24H19Cl2N3O3S/c1-16-8-10-17(11-9-16)22-14-29(21-7-3-5-19(26)13-21)24(28-22)33(31,32)15-23(30)27-20-6-2-4-18(25)12-20/h2-14H,15H2,1H3,(H,27,30). The van der Waals surface area contributed by atoms with Crippen LogP contribution in [0.2, 0.25) is 10.0 Å².